The summed E-state index contributed by atoms with van der Waals surface area (Å²) in [5.74, 6) is 0. The quantitative estimate of drug-likeness (QED) is 0.927. The Morgan fingerprint density at radius 3 is 2.80 bits per heavy atom. The predicted octanol–water partition coefficient (Wildman–Crippen LogP) is 3.24. The van der Waals surface area contributed by atoms with Gasteiger partial charge in [0.05, 0.1) is 29.5 Å². The van der Waals surface area contributed by atoms with Crippen LogP contribution in [0.5, 0.6) is 0 Å². The standard InChI is InChI=1S/C16H25ClN2O/c1-4-13(18)9-12-5-6-15(14(17)10-12)19-7-8-20-11-16(19,2)3/h5-6,10,13H,4,7-9,11,18H2,1-3H3. The Morgan fingerprint density at radius 2 is 2.20 bits per heavy atom. The highest BCUT2D eigenvalue weighted by Crippen LogP contribution is 2.33. The van der Waals surface area contributed by atoms with E-state index in [4.69, 9.17) is 22.1 Å². The van der Waals surface area contributed by atoms with E-state index in [0.29, 0.717) is 0 Å². The number of hydrogen-bond donors (Lipinski definition) is 1. The van der Waals surface area contributed by atoms with Crippen LogP contribution in [-0.2, 0) is 11.2 Å². The molecule has 112 valence electrons. The van der Waals surface area contributed by atoms with Gasteiger partial charge in [0.25, 0.3) is 0 Å². The van der Waals surface area contributed by atoms with Crippen LogP contribution in [0, 0.1) is 0 Å². The molecule has 1 fully saturated rings. The third-order valence-corrected chi connectivity index (χ3v) is 4.27. The zero-order valence-electron chi connectivity index (χ0n) is 12.7. The Hall–Kier alpha value is -0.770. The van der Waals surface area contributed by atoms with E-state index in [9.17, 15) is 0 Å². The van der Waals surface area contributed by atoms with Crippen molar-refractivity contribution in [1.29, 1.82) is 0 Å². The van der Waals surface area contributed by atoms with Gasteiger partial charge >= 0.3 is 0 Å². The van der Waals surface area contributed by atoms with Gasteiger partial charge in [-0.05, 0) is 44.4 Å². The van der Waals surface area contributed by atoms with E-state index in [-0.39, 0.29) is 11.6 Å². The van der Waals surface area contributed by atoms with Crippen molar-refractivity contribution in [3.05, 3.63) is 28.8 Å². The number of ether oxygens (including phenoxy) is 1. The number of anilines is 1. The summed E-state index contributed by atoms with van der Waals surface area (Å²) in [4.78, 5) is 2.34. The minimum atomic E-state index is -0.0246. The van der Waals surface area contributed by atoms with Gasteiger partial charge in [-0.2, -0.15) is 0 Å². The van der Waals surface area contributed by atoms with Crippen molar-refractivity contribution in [2.45, 2.75) is 45.2 Å². The van der Waals surface area contributed by atoms with E-state index in [1.807, 2.05) is 0 Å². The predicted molar refractivity (Wildman–Crippen MR) is 85.7 cm³/mol. The average Bonchev–Trinajstić information content (AvgIpc) is 2.39. The molecule has 20 heavy (non-hydrogen) atoms. The molecule has 1 aromatic rings. The summed E-state index contributed by atoms with van der Waals surface area (Å²) in [5.41, 5.74) is 8.28. The Bertz CT molecular complexity index is 462. The van der Waals surface area contributed by atoms with Crippen LogP contribution in [0.25, 0.3) is 0 Å². The molecule has 1 saturated heterocycles. The summed E-state index contributed by atoms with van der Waals surface area (Å²) < 4.78 is 5.57. The molecule has 1 aliphatic heterocycles. The van der Waals surface area contributed by atoms with Gasteiger partial charge in [-0.25, -0.2) is 0 Å². The molecule has 1 aromatic carbocycles. The van der Waals surface area contributed by atoms with Crippen molar-refractivity contribution < 1.29 is 4.74 Å². The molecule has 1 aliphatic rings. The van der Waals surface area contributed by atoms with E-state index in [1.54, 1.807) is 0 Å². The summed E-state index contributed by atoms with van der Waals surface area (Å²) in [6, 6.07) is 6.52. The van der Waals surface area contributed by atoms with Crippen LogP contribution in [0.2, 0.25) is 5.02 Å². The van der Waals surface area contributed by atoms with Crippen molar-refractivity contribution in [3.63, 3.8) is 0 Å². The first-order valence-corrected chi connectivity index (χ1v) is 7.71. The molecule has 0 amide bonds. The van der Waals surface area contributed by atoms with Gasteiger partial charge in [0.15, 0.2) is 0 Å². The fraction of sp³-hybridized carbons (Fsp3) is 0.625. The molecule has 0 bridgehead atoms. The number of nitrogens with zero attached hydrogens (tertiary/aromatic N) is 1. The third-order valence-electron chi connectivity index (χ3n) is 3.97. The molecule has 0 aromatic heterocycles. The number of hydrogen-bond acceptors (Lipinski definition) is 3. The lowest BCUT2D eigenvalue weighted by molar-refractivity contribution is 0.0644. The Kier molecular flexibility index (Phi) is 4.95. The van der Waals surface area contributed by atoms with Gasteiger partial charge in [0.2, 0.25) is 0 Å². The third kappa shape index (κ3) is 3.46. The van der Waals surface area contributed by atoms with Crippen LogP contribution in [0.15, 0.2) is 18.2 Å². The van der Waals surface area contributed by atoms with E-state index >= 15 is 0 Å². The second-order valence-electron chi connectivity index (χ2n) is 6.17. The topological polar surface area (TPSA) is 38.5 Å². The fourth-order valence-electron chi connectivity index (χ4n) is 2.65. The molecule has 1 unspecified atom stereocenters. The van der Waals surface area contributed by atoms with Gasteiger partial charge in [0, 0.05) is 12.6 Å². The van der Waals surface area contributed by atoms with Crippen LogP contribution in [-0.4, -0.2) is 31.3 Å². The molecule has 3 nitrogen and oxygen atoms in total. The number of rotatable bonds is 4. The number of morpholine rings is 1. The molecule has 0 saturated carbocycles. The normalized spacial score (nSPS) is 19.9. The second-order valence-corrected chi connectivity index (χ2v) is 6.58. The lowest BCUT2D eigenvalue weighted by Crippen LogP contribution is -2.53. The number of halogens is 1. The maximum Gasteiger partial charge on any atom is 0.0694 e. The minimum absolute atomic E-state index is 0.0246. The van der Waals surface area contributed by atoms with Crippen LogP contribution in [0.1, 0.15) is 32.8 Å². The van der Waals surface area contributed by atoms with Crippen molar-refractivity contribution in [2.75, 3.05) is 24.7 Å². The Labute approximate surface area is 127 Å². The van der Waals surface area contributed by atoms with Gasteiger partial charge < -0.3 is 15.4 Å². The Morgan fingerprint density at radius 1 is 1.45 bits per heavy atom. The molecule has 0 radical (unpaired) electrons. The molecule has 2 rings (SSSR count). The highest BCUT2D eigenvalue weighted by atomic mass is 35.5. The van der Waals surface area contributed by atoms with Crippen LogP contribution in [0.3, 0.4) is 0 Å². The second kappa shape index (κ2) is 6.33. The molecule has 4 heteroatoms. The van der Waals surface area contributed by atoms with Crippen LogP contribution in [0.4, 0.5) is 5.69 Å². The first kappa shape index (κ1) is 15.6. The van der Waals surface area contributed by atoms with E-state index in [0.717, 1.165) is 43.3 Å². The van der Waals surface area contributed by atoms with E-state index < -0.39 is 0 Å². The fourth-order valence-corrected chi connectivity index (χ4v) is 2.95. The highest BCUT2D eigenvalue weighted by molar-refractivity contribution is 6.33. The summed E-state index contributed by atoms with van der Waals surface area (Å²) in [7, 11) is 0. The van der Waals surface area contributed by atoms with E-state index in [1.165, 1.54) is 5.56 Å². The highest BCUT2D eigenvalue weighted by Gasteiger charge is 2.31. The van der Waals surface area contributed by atoms with E-state index in [2.05, 4.69) is 43.9 Å². The molecule has 1 atom stereocenters. The largest absolute Gasteiger partial charge is 0.377 e. The molecule has 1 heterocycles. The summed E-state index contributed by atoms with van der Waals surface area (Å²) in [6.07, 6.45) is 1.86. The summed E-state index contributed by atoms with van der Waals surface area (Å²) in [6.45, 7) is 8.83. The lowest BCUT2D eigenvalue weighted by atomic mass is 9.99. The van der Waals surface area contributed by atoms with Crippen molar-refractivity contribution in [1.82, 2.24) is 0 Å². The van der Waals surface area contributed by atoms with Gasteiger partial charge in [0.1, 0.15) is 0 Å². The molecular weight excluding hydrogens is 272 g/mol. The van der Waals surface area contributed by atoms with Gasteiger partial charge in [-0.1, -0.05) is 24.6 Å². The van der Waals surface area contributed by atoms with Gasteiger partial charge in [-0.15, -0.1) is 0 Å². The summed E-state index contributed by atoms with van der Waals surface area (Å²) in [5, 5.41) is 0.806. The summed E-state index contributed by atoms with van der Waals surface area (Å²) >= 11 is 6.49. The first-order valence-electron chi connectivity index (χ1n) is 7.33. The first-order chi connectivity index (χ1) is 9.44. The maximum atomic E-state index is 6.49. The monoisotopic (exact) mass is 296 g/mol. The Balaban J connectivity index is 2.21. The van der Waals surface area contributed by atoms with Crippen molar-refractivity contribution >= 4 is 17.3 Å². The van der Waals surface area contributed by atoms with Crippen molar-refractivity contribution in [2.24, 2.45) is 5.73 Å². The number of nitrogens with two attached hydrogens (primary N) is 1. The molecule has 2 N–H and O–H groups in total. The zero-order chi connectivity index (χ0) is 14.8. The minimum Gasteiger partial charge on any atom is -0.377 e. The lowest BCUT2D eigenvalue weighted by Gasteiger charge is -2.44. The average molecular weight is 297 g/mol. The van der Waals surface area contributed by atoms with Crippen LogP contribution >= 0.6 is 11.6 Å². The molecular formula is C16H25ClN2O. The van der Waals surface area contributed by atoms with Crippen molar-refractivity contribution in [3.8, 4) is 0 Å². The molecule has 0 aliphatic carbocycles. The van der Waals surface area contributed by atoms with Crippen LogP contribution < -0.4 is 10.6 Å². The molecule has 0 spiro atoms. The maximum absolute atomic E-state index is 6.49. The zero-order valence-corrected chi connectivity index (χ0v) is 13.4. The van der Waals surface area contributed by atoms with Gasteiger partial charge in [-0.3, -0.25) is 0 Å². The smallest absolute Gasteiger partial charge is 0.0694 e. The number of benzene rings is 1. The SMILES string of the molecule is CCC(N)Cc1ccc(N2CCOCC2(C)C)c(Cl)c1.